The fraction of sp³-hybridized carbons (Fsp3) is 0.960. The van der Waals surface area contributed by atoms with Gasteiger partial charge in [0, 0.05) is 0 Å². The summed E-state index contributed by atoms with van der Waals surface area (Å²) in [5, 5.41) is 31.2. The second kappa shape index (κ2) is 7.74. The third-order valence-corrected chi connectivity index (χ3v) is 10.7. The van der Waals surface area contributed by atoms with Crippen LogP contribution < -0.4 is 0 Å². The molecule has 0 amide bonds. The normalized spacial score (nSPS) is 45.6. The topological polar surface area (TPSA) is 87.0 Å². The van der Waals surface area contributed by atoms with E-state index in [0.717, 1.165) is 44.1 Å². The van der Waals surface area contributed by atoms with E-state index in [4.69, 9.17) is 0 Å². The fourth-order valence-corrected chi connectivity index (χ4v) is 9.06. The van der Waals surface area contributed by atoms with Crippen molar-refractivity contribution in [3.05, 3.63) is 0 Å². The Morgan fingerprint density at radius 3 is 2.37 bits per heavy atom. The molecule has 0 aromatic heterocycles. The van der Waals surface area contributed by atoms with Gasteiger partial charge < -0.3 is 20.1 Å². The lowest BCUT2D eigenvalue weighted by atomic mass is 9.44. The summed E-state index contributed by atoms with van der Waals surface area (Å²) in [6, 6.07) is 0. The summed E-state index contributed by atoms with van der Waals surface area (Å²) in [6.07, 6.45) is 11.3. The molecule has 2 unspecified atom stereocenters. The van der Waals surface area contributed by atoms with E-state index >= 15 is 0 Å². The lowest BCUT2D eigenvalue weighted by Crippen LogP contribution is -2.56. The van der Waals surface area contributed by atoms with Crippen molar-refractivity contribution in [3.8, 4) is 0 Å². The molecule has 9 atom stereocenters. The van der Waals surface area contributed by atoms with Gasteiger partial charge in [0.2, 0.25) is 0 Å². The molecule has 4 aliphatic carbocycles. The number of hydrogen-bond acceptors (Lipinski definition) is 5. The molecule has 0 aromatic carbocycles. The molecule has 0 heterocycles. The Bertz CT molecular complexity index is 662. The highest BCUT2D eigenvalue weighted by molar-refractivity contribution is 5.77. The van der Waals surface area contributed by atoms with E-state index in [1.54, 1.807) is 0 Å². The zero-order chi connectivity index (χ0) is 21.9. The van der Waals surface area contributed by atoms with Crippen LogP contribution in [0, 0.1) is 46.3 Å². The van der Waals surface area contributed by atoms with E-state index < -0.39 is 17.9 Å². The molecule has 0 spiro atoms. The third-order valence-electron chi connectivity index (χ3n) is 10.7. The van der Waals surface area contributed by atoms with Gasteiger partial charge in [-0.25, -0.2) is 4.79 Å². The van der Waals surface area contributed by atoms with Crippen LogP contribution in [0.5, 0.6) is 0 Å². The summed E-state index contributed by atoms with van der Waals surface area (Å²) >= 11 is 0. The Hall–Kier alpha value is -0.650. The number of ether oxygens (including phenoxy) is 1. The number of hydrogen-bond donors (Lipinski definition) is 3. The molecule has 4 saturated carbocycles. The molecule has 0 bridgehead atoms. The number of carbonyl (C=O) groups is 1. The van der Waals surface area contributed by atoms with E-state index in [0.29, 0.717) is 11.3 Å². The average Bonchev–Trinajstić information content (AvgIpc) is 3.08. The summed E-state index contributed by atoms with van der Waals surface area (Å²) in [4.78, 5) is 11.8. The van der Waals surface area contributed by atoms with Crippen molar-refractivity contribution in [1.29, 1.82) is 0 Å². The van der Waals surface area contributed by atoms with Crippen molar-refractivity contribution in [2.75, 3.05) is 7.11 Å². The molecule has 0 aliphatic heterocycles. The van der Waals surface area contributed by atoms with Gasteiger partial charge in [0.25, 0.3) is 5.79 Å². The van der Waals surface area contributed by atoms with E-state index in [1.807, 2.05) is 6.92 Å². The van der Waals surface area contributed by atoms with Crippen LogP contribution in [0.1, 0.15) is 85.0 Å². The maximum absolute atomic E-state index is 11.8. The summed E-state index contributed by atoms with van der Waals surface area (Å²) < 4.78 is 4.51. The molecule has 0 saturated heterocycles. The molecule has 4 aliphatic rings. The lowest BCUT2D eigenvalue weighted by Gasteiger charge is -2.61. The van der Waals surface area contributed by atoms with E-state index in [9.17, 15) is 20.1 Å². The molecular weight excluding hydrogens is 380 g/mol. The Morgan fingerprint density at radius 2 is 1.67 bits per heavy atom. The minimum atomic E-state index is -2.85. The van der Waals surface area contributed by atoms with Crippen molar-refractivity contribution < 1.29 is 24.9 Å². The number of aliphatic hydroxyl groups excluding tert-OH is 1. The summed E-state index contributed by atoms with van der Waals surface area (Å²) in [6.45, 7) is 6.83. The average molecular weight is 423 g/mol. The second-order valence-electron chi connectivity index (χ2n) is 11.7. The first kappa shape index (κ1) is 22.5. The van der Waals surface area contributed by atoms with Gasteiger partial charge in [0.15, 0.2) is 0 Å². The van der Waals surface area contributed by atoms with Gasteiger partial charge in [0.05, 0.1) is 7.11 Å². The smallest absolute Gasteiger partial charge is 0.369 e. The van der Waals surface area contributed by atoms with Crippen LogP contribution in [-0.2, 0) is 9.53 Å². The third kappa shape index (κ3) is 3.17. The fourth-order valence-electron chi connectivity index (χ4n) is 9.06. The molecule has 30 heavy (non-hydrogen) atoms. The molecule has 5 nitrogen and oxygen atoms in total. The van der Waals surface area contributed by atoms with E-state index in [1.165, 1.54) is 44.9 Å². The second-order valence-corrected chi connectivity index (χ2v) is 11.7. The number of carbonyl (C=O) groups excluding carboxylic acids is 1. The Kier molecular flexibility index (Phi) is 5.81. The quantitative estimate of drug-likeness (QED) is 0.473. The summed E-state index contributed by atoms with van der Waals surface area (Å²) in [5.41, 5.74) is 0.591. The number of methoxy groups -OCH3 is 1. The van der Waals surface area contributed by atoms with Gasteiger partial charge in [-0.2, -0.15) is 0 Å². The highest BCUT2D eigenvalue weighted by Crippen LogP contribution is 2.68. The van der Waals surface area contributed by atoms with Crippen molar-refractivity contribution in [3.63, 3.8) is 0 Å². The standard InChI is InChI=1S/C25H42O5/c1-15(21(26)25(28,29)22(27)30-4)18-10-11-19-17-9-8-16-7-5-6-13-23(16,2)20(17)12-14-24(18,19)3/h15-21,26,28-29H,5-14H2,1-4H3/t15?,16-,17-,18+,19-,20-,21?,23-,24+/m0/s1. The Balaban J connectivity index is 1.55. The SMILES string of the molecule is COC(=O)C(O)(O)C(O)C(C)[C@H]1CC[C@H]2[C@@H]3CC[C@@H]4CCCC[C@]4(C)[C@H]3CC[C@]12C. The van der Waals surface area contributed by atoms with Gasteiger partial charge in [-0.15, -0.1) is 0 Å². The van der Waals surface area contributed by atoms with Crippen LogP contribution in [0.25, 0.3) is 0 Å². The molecule has 3 N–H and O–H groups in total. The summed E-state index contributed by atoms with van der Waals surface area (Å²) in [7, 11) is 1.11. The molecule has 172 valence electrons. The molecule has 5 heteroatoms. The van der Waals surface area contributed by atoms with Crippen LogP contribution in [-0.4, -0.2) is 40.3 Å². The maximum atomic E-state index is 11.8. The lowest BCUT2D eigenvalue weighted by molar-refractivity contribution is -0.251. The van der Waals surface area contributed by atoms with Crippen LogP contribution in [0.3, 0.4) is 0 Å². The zero-order valence-electron chi connectivity index (χ0n) is 19.3. The first-order chi connectivity index (χ1) is 14.1. The van der Waals surface area contributed by atoms with E-state index in [2.05, 4.69) is 18.6 Å². The largest absolute Gasteiger partial charge is 0.465 e. The van der Waals surface area contributed by atoms with Crippen LogP contribution in [0.2, 0.25) is 0 Å². The van der Waals surface area contributed by atoms with Gasteiger partial charge in [-0.1, -0.05) is 33.6 Å². The van der Waals surface area contributed by atoms with Crippen molar-refractivity contribution in [1.82, 2.24) is 0 Å². The summed E-state index contributed by atoms with van der Waals surface area (Å²) in [5.74, 6) is -1.13. The van der Waals surface area contributed by atoms with Gasteiger partial charge in [-0.05, 0) is 97.7 Å². The van der Waals surface area contributed by atoms with Gasteiger partial charge in [-0.3, -0.25) is 0 Å². The zero-order valence-corrected chi connectivity index (χ0v) is 19.3. The molecule has 0 aromatic rings. The first-order valence-electron chi connectivity index (χ1n) is 12.3. The molecular formula is C25H42O5. The Morgan fingerprint density at radius 1 is 0.967 bits per heavy atom. The monoisotopic (exact) mass is 422 g/mol. The number of esters is 1. The van der Waals surface area contributed by atoms with Crippen molar-refractivity contribution in [2.24, 2.45) is 46.3 Å². The number of rotatable bonds is 4. The van der Waals surface area contributed by atoms with Gasteiger partial charge >= 0.3 is 5.97 Å². The highest BCUT2D eigenvalue weighted by Gasteiger charge is 2.61. The first-order valence-corrected chi connectivity index (χ1v) is 12.3. The van der Waals surface area contributed by atoms with Crippen molar-refractivity contribution >= 4 is 5.97 Å². The van der Waals surface area contributed by atoms with Gasteiger partial charge in [0.1, 0.15) is 6.10 Å². The maximum Gasteiger partial charge on any atom is 0.369 e. The Labute approximate surface area is 181 Å². The predicted molar refractivity (Wildman–Crippen MR) is 114 cm³/mol. The van der Waals surface area contributed by atoms with Crippen molar-refractivity contribution in [2.45, 2.75) is 96.9 Å². The molecule has 4 rings (SSSR count). The van der Waals surface area contributed by atoms with Crippen LogP contribution in [0.4, 0.5) is 0 Å². The number of fused-ring (bicyclic) bond motifs is 5. The molecule has 4 fully saturated rings. The van der Waals surface area contributed by atoms with E-state index in [-0.39, 0.29) is 17.3 Å². The highest BCUT2D eigenvalue weighted by atomic mass is 16.6. The minimum absolute atomic E-state index is 0.0889. The minimum Gasteiger partial charge on any atom is -0.465 e. The van der Waals surface area contributed by atoms with Crippen LogP contribution in [0.15, 0.2) is 0 Å². The number of aliphatic hydroxyl groups is 3. The van der Waals surface area contributed by atoms with Crippen LogP contribution >= 0.6 is 0 Å². The molecule has 0 radical (unpaired) electrons. The predicted octanol–water partition coefficient (Wildman–Crippen LogP) is 3.89.